The van der Waals surface area contributed by atoms with Crippen LogP contribution in [0.25, 0.3) is 89.7 Å². The SMILES string of the molecule is CCCCOc1cc2c(cc1OCCCC)-c1nc-2nc2[nH]c(nc3nc(nc4[nH]c(n1)c1cc(OCCCC)c(OCCCC)cc41)-c1cc(OCCCC)c(OCCCC)cc1-3)c1cc(C#CC(C)(C)O)ccc21. The number of fused-ring (bicyclic) bond motifs is 20. The lowest BCUT2D eigenvalue weighted by atomic mass is 10.1. The second-order valence-corrected chi connectivity index (χ2v) is 19.9. The number of nitrogens with one attached hydrogen (secondary N) is 2. The highest BCUT2D eigenvalue weighted by molar-refractivity contribution is 6.07. The van der Waals surface area contributed by atoms with Crippen molar-refractivity contribution in [1.82, 2.24) is 39.9 Å². The molecule has 5 heterocycles. The average molecular weight is 1030 g/mol. The van der Waals surface area contributed by atoms with Gasteiger partial charge in [-0.3, -0.25) is 0 Å². The molecule has 0 aliphatic carbocycles. The zero-order valence-electron chi connectivity index (χ0n) is 45.5. The molecule has 0 unspecified atom stereocenters. The molecule has 4 aromatic carbocycles. The van der Waals surface area contributed by atoms with Crippen molar-refractivity contribution in [3.63, 3.8) is 0 Å². The highest BCUT2D eigenvalue weighted by Crippen LogP contribution is 2.45. The molecule has 0 saturated carbocycles. The minimum atomic E-state index is -1.20. The quantitative estimate of drug-likeness (QED) is 0.0384. The fourth-order valence-electron chi connectivity index (χ4n) is 8.75. The molecule has 0 fully saturated rings. The zero-order valence-corrected chi connectivity index (χ0v) is 45.5. The van der Waals surface area contributed by atoms with E-state index in [1.165, 1.54) is 0 Å². The molecule has 8 bridgehead atoms. The third-order valence-electron chi connectivity index (χ3n) is 13.1. The smallest absolute Gasteiger partial charge is 0.164 e. The van der Waals surface area contributed by atoms with E-state index in [1.807, 2.05) is 54.6 Å². The monoisotopic (exact) mass is 1030 g/mol. The standard InChI is InChI=1S/C61H72N8O7/c1-9-15-25-71-47-32-41-42(33-48(47)72-26-16-10-2)57-65-55(41)63-53-39-22-21-38(23-24-61(7,8)70)31-40(39)54(62-53)64-56-43-34-49(73-27-17-11-3)50(74-28-18-12-4)35-44(43)58(66-56)68-60-46-37-52(76-30-20-14-6)51(75-29-19-13-5)36-45(46)59(67-57)69-60/h21-22,31-37,70H,9-20,25-30H2,1-8H3,(H2,62,63,64,65,66,67,68,69). The maximum Gasteiger partial charge on any atom is 0.164 e. The number of benzene rings is 4. The van der Waals surface area contributed by atoms with Gasteiger partial charge in [0.2, 0.25) is 0 Å². The van der Waals surface area contributed by atoms with Crippen LogP contribution >= 0.6 is 0 Å². The van der Waals surface area contributed by atoms with Crippen LogP contribution in [-0.2, 0) is 0 Å². The van der Waals surface area contributed by atoms with Crippen LogP contribution in [-0.4, -0.2) is 90.2 Å². The Morgan fingerprint density at radius 3 is 0.987 bits per heavy atom. The first-order chi connectivity index (χ1) is 37.0. The van der Waals surface area contributed by atoms with Crippen molar-refractivity contribution in [2.75, 3.05) is 39.6 Å². The summed E-state index contributed by atoms with van der Waals surface area (Å²) in [6.07, 6.45) is 11.1. The molecule has 9 rings (SSSR count). The number of hydrogen-bond donors (Lipinski definition) is 3. The van der Waals surface area contributed by atoms with Gasteiger partial charge in [0, 0.05) is 49.4 Å². The first kappa shape index (κ1) is 53.4. The van der Waals surface area contributed by atoms with E-state index < -0.39 is 5.60 Å². The van der Waals surface area contributed by atoms with Crippen molar-refractivity contribution >= 4 is 44.1 Å². The van der Waals surface area contributed by atoms with Crippen molar-refractivity contribution in [2.45, 2.75) is 138 Å². The zero-order chi connectivity index (χ0) is 53.2. The van der Waals surface area contributed by atoms with Crippen LogP contribution in [0, 0.1) is 11.8 Å². The van der Waals surface area contributed by atoms with Crippen LogP contribution in [0.4, 0.5) is 0 Å². The summed E-state index contributed by atoms with van der Waals surface area (Å²) in [5, 5.41) is 13.6. The van der Waals surface area contributed by atoms with E-state index in [9.17, 15) is 5.11 Å². The minimum Gasteiger partial charge on any atom is -0.490 e. The summed E-state index contributed by atoms with van der Waals surface area (Å²) >= 11 is 0. The van der Waals surface area contributed by atoms with Gasteiger partial charge in [0.15, 0.2) is 57.8 Å². The summed E-state index contributed by atoms with van der Waals surface area (Å²) in [5.74, 6) is 11.4. The number of aromatic amines is 2. The van der Waals surface area contributed by atoms with Gasteiger partial charge in [0.05, 0.1) is 39.6 Å². The predicted octanol–water partition coefficient (Wildman–Crippen LogP) is 14.1. The Labute approximate surface area is 445 Å². The molecule has 7 aromatic rings. The number of H-pyrrole nitrogens is 2. The summed E-state index contributed by atoms with van der Waals surface area (Å²) in [5.41, 5.74) is 4.38. The van der Waals surface area contributed by atoms with Crippen LogP contribution in [0.2, 0.25) is 0 Å². The number of aliphatic hydroxyl groups is 1. The van der Waals surface area contributed by atoms with Crippen LogP contribution in [0.15, 0.2) is 54.6 Å². The number of nitrogens with zero attached hydrogens (tertiary/aromatic N) is 6. The molecular weight excluding hydrogens is 957 g/mol. The molecule has 0 spiro atoms. The van der Waals surface area contributed by atoms with E-state index in [2.05, 4.69) is 63.4 Å². The molecule has 398 valence electrons. The van der Waals surface area contributed by atoms with Gasteiger partial charge < -0.3 is 43.5 Å². The molecule has 3 N–H and O–H groups in total. The van der Waals surface area contributed by atoms with E-state index in [-0.39, 0.29) is 0 Å². The third-order valence-corrected chi connectivity index (χ3v) is 13.1. The van der Waals surface area contributed by atoms with Gasteiger partial charge in [-0.1, -0.05) is 91.9 Å². The van der Waals surface area contributed by atoms with E-state index in [0.717, 1.165) is 115 Å². The summed E-state index contributed by atoms with van der Waals surface area (Å²) in [7, 11) is 0. The molecule has 0 saturated heterocycles. The molecule has 0 radical (unpaired) electrons. The molecule has 0 amide bonds. The Morgan fingerprint density at radius 2 is 0.684 bits per heavy atom. The Balaban J connectivity index is 1.41. The predicted molar refractivity (Wildman–Crippen MR) is 302 cm³/mol. The summed E-state index contributed by atoms with van der Waals surface area (Å²) in [6.45, 7) is 19.3. The Kier molecular flexibility index (Phi) is 17.2. The molecular formula is C61H72N8O7. The van der Waals surface area contributed by atoms with E-state index >= 15 is 0 Å². The molecule has 0 atom stereocenters. The highest BCUT2D eigenvalue weighted by atomic mass is 16.5. The Morgan fingerprint density at radius 1 is 0.395 bits per heavy atom. The normalized spacial score (nSPS) is 11.8. The largest absolute Gasteiger partial charge is 0.490 e. The van der Waals surface area contributed by atoms with E-state index in [4.69, 9.17) is 58.3 Å². The summed E-state index contributed by atoms with van der Waals surface area (Å²) in [6, 6.07) is 17.7. The molecule has 15 nitrogen and oxygen atoms in total. The highest BCUT2D eigenvalue weighted by Gasteiger charge is 2.27. The van der Waals surface area contributed by atoms with Crippen molar-refractivity contribution < 1.29 is 33.5 Å². The van der Waals surface area contributed by atoms with Gasteiger partial charge in [0.1, 0.15) is 28.2 Å². The fourth-order valence-corrected chi connectivity index (χ4v) is 8.75. The lowest BCUT2D eigenvalue weighted by molar-refractivity contribution is 0.143. The summed E-state index contributed by atoms with van der Waals surface area (Å²) < 4.78 is 38.9. The van der Waals surface area contributed by atoms with E-state index in [1.54, 1.807) is 13.8 Å². The lowest BCUT2D eigenvalue weighted by Crippen LogP contribution is -2.14. The first-order valence-electron chi connectivity index (χ1n) is 27.6. The molecule has 15 heteroatoms. The van der Waals surface area contributed by atoms with Gasteiger partial charge in [-0.05, 0) is 107 Å². The Hall–Kier alpha value is -7.44. The van der Waals surface area contributed by atoms with Crippen LogP contribution in [0.1, 0.15) is 138 Å². The molecule has 2 aliphatic heterocycles. The van der Waals surface area contributed by atoms with Gasteiger partial charge in [-0.15, -0.1) is 0 Å². The van der Waals surface area contributed by atoms with E-state index in [0.29, 0.717) is 131 Å². The van der Waals surface area contributed by atoms with Crippen LogP contribution in [0.5, 0.6) is 34.5 Å². The van der Waals surface area contributed by atoms with Crippen molar-refractivity contribution in [2.24, 2.45) is 0 Å². The first-order valence-corrected chi connectivity index (χ1v) is 27.6. The second-order valence-electron chi connectivity index (χ2n) is 19.9. The Bertz CT molecular complexity index is 3440. The third kappa shape index (κ3) is 12.1. The maximum atomic E-state index is 10.6. The van der Waals surface area contributed by atoms with Gasteiger partial charge >= 0.3 is 0 Å². The number of hydrogen-bond acceptors (Lipinski definition) is 13. The van der Waals surface area contributed by atoms with Crippen molar-refractivity contribution in [3.8, 4) is 91.9 Å². The van der Waals surface area contributed by atoms with Crippen LogP contribution in [0.3, 0.4) is 0 Å². The minimum absolute atomic E-state index is 0.406. The van der Waals surface area contributed by atoms with Gasteiger partial charge in [-0.25, -0.2) is 29.9 Å². The molecule has 76 heavy (non-hydrogen) atoms. The average Bonchev–Trinajstić information content (AvgIpc) is 4.15. The number of ether oxygens (including phenoxy) is 6. The number of rotatable bonds is 24. The van der Waals surface area contributed by atoms with Gasteiger partial charge in [0.25, 0.3) is 0 Å². The molecule has 2 aliphatic rings. The van der Waals surface area contributed by atoms with Crippen LogP contribution < -0.4 is 28.4 Å². The fraction of sp³-hybridized carbons (Fsp3) is 0.443. The number of aromatic nitrogens is 8. The summed E-state index contributed by atoms with van der Waals surface area (Å²) in [4.78, 5) is 39.1. The molecule has 3 aromatic heterocycles. The number of unbranched alkanes of at least 4 members (excludes halogenated alkanes) is 6. The topological polar surface area (TPSA) is 185 Å². The van der Waals surface area contributed by atoms with Crippen molar-refractivity contribution in [3.05, 3.63) is 60.2 Å². The maximum absolute atomic E-state index is 10.6. The second kappa shape index (κ2) is 24.5. The lowest BCUT2D eigenvalue weighted by Gasteiger charge is -2.14. The van der Waals surface area contributed by atoms with Crippen molar-refractivity contribution in [1.29, 1.82) is 0 Å². The van der Waals surface area contributed by atoms with Gasteiger partial charge in [-0.2, -0.15) is 0 Å².